The number of unbranched alkanes of at least 4 members (excludes halogenated alkanes) is 1. The van der Waals surface area contributed by atoms with Crippen LogP contribution in [0.2, 0.25) is 0 Å². The maximum atomic E-state index is 11.9. The Bertz CT molecular complexity index is 348. The largest absolute Gasteiger partial charge is 0.466 e. The highest BCUT2D eigenvalue weighted by Gasteiger charge is 2.26. The van der Waals surface area contributed by atoms with Crippen LogP contribution in [0, 0.1) is 5.41 Å². The Morgan fingerprint density at radius 3 is 1.79 bits per heavy atom. The van der Waals surface area contributed by atoms with Gasteiger partial charge in [0, 0.05) is 11.1 Å². The van der Waals surface area contributed by atoms with Crippen molar-refractivity contribution in [2.24, 2.45) is 5.41 Å². The zero-order valence-electron chi connectivity index (χ0n) is 13.0. The molecule has 0 aliphatic heterocycles. The van der Waals surface area contributed by atoms with Crippen molar-refractivity contribution < 1.29 is 19.1 Å². The topological polar surface area (TPSA) is 52.6 Å². The van der Waals surface area contributed by atoms with Gasteiger partial charge in [0.05, 0.1) is 14.2 Å². The third kappa shape index (κ3) is 6.41. The van der Waals surface area contributed by atoms with E-state index >= 15 is 0 Å². The molecule has 0 aliphatic carbocycles. The first-order valence-electron chi connectivity index (χ1n) is 6.65. The number of methoxy groups -OCH3 is 2. The number of carbonyl (C=O) groups excluding carboxylic acids is 2. The fourth-order valence-corrected chi connectivity index (χ4v) is 1.81. The molecule has 0 saturated heterocycles. The van der Waals surface area contributed by atoms with E-state index in [0.717, 1.165) is 12.8 Å². The summed E-state index contributed by atoms with van der Waals surface area (Å²) >= 11 is 0. The maximum absolute atomic E-state index is 11.9. The van der Waals surface area contributed by atoms with Gasteiger partial charge in [-0.3, -0.25) is 0 Å². The minimum absolute atomic E-state index is 0.102. The van der Waals surface area contributed by atoms with Gasteiger partial charge in [0.15, 0.2) is 0 Å². The van der Waals surface area contributed by atoms with E-state index < -0.39 is 11.9 Å². The summed E-state index contributed by atoms with van der Waals surface area (Å²) in [4.78, 5) is 23.8. The Morgan fingerprint density at radius 1 is 0.947 bits per heavy atom. The van der Waals surface area contributed by atoms with E-state index in [1.165, 1.54) is 14.2 Å². The fourth-order valence-electron chi connectivity index (χ4n) is 1.81. The summed E-state index contributed by atoms with van der Waals surface area (Å²) in [6.45, 7) is 8.09. The van der Waals surface area contributed by atoms with Gasteiger partial charge >= 0.3 is 11.9 Å². The first-order chi connectivity index (χ1) is 8.76. The van der Waals surface area contributed by atoms with Crippen LogP contribution >= 0.6 is 0 Å². The van der Waals surface area contributed by atoms with Crippen molar-refractivity contribution in [2.75, 3.05) is 14.2 Å². The molecule has 0 unspecified atom stereocenters. The lowest BCUT2D eigenvalue weighted by Gasteiger charge is -2.21. The number of hydrogen-bond donors (Lipinski definition) is 0. The van der Waals surface area contributed by atoms with Crippen molar-refractivity contribution >= 4 is 11.9 Å². The van der Waals surface area contributed by atoms with Gasteiger partial charge in [-0.1, -0.05) is 34.1 Å². The van der Waals surface area contributed by atoms with Crippen molar-refractivity contribution in [2.45, 2.75) is 53.4 Å². The van der Waals surface area contributed by atoms with Crippen molar-refractivity contribution in [3.8, 4) is 0 Å². The molecule has 0 N–H and O–H groups in total. The summed E-state index contributed by atoms with van der Waals surface area (Å²) in [6, 6.07) is 0. The number of rotatable bonds is 6. The lowest BCUT2D eigenvalue weighted by molar-refractivity contribution is -0.139. The molecule has 0 atom stereocenters. The molecule has 0 heterocycles. The molecule has 0 aliphatic rings. The van der Waals surface area contributed by atoms with Gasteiger partial charge in [0.2, 0.25) is 0 Å². The van der Waals surface area contributed by atoms with Gasteiger partial charge in [0.25, 0.3) is 0 Å². The normalized spacial score (nSPS) is 12.7. The Hall–Kier alpha value is -1.32. The van der Waals surface area contributed by atoms with Crippen LogP contribution in [0.15, 0.2) is 11.1 Å². The molecular formula is C15H26O4. The van der Waals surface area contributed by atoms with E-state index in [9.17, 15) is 9.59 Å². The predicted molar refractivity (Wildman–Crippen MR) is 74.7 cm³/mol. The average Bonchev–Trinajstić information content (AvgIpc) is 2.34. The number of esters is 2. The third-order valence-corrected chi connectivity index (χ3v) is 2.72. The Balaban J connectivity index is 5.54. The monoisotopic (exact) mass is 270 g/mol. The van der Waals surface area contributed by atoms with E-state index in [0.29, 0.717) is 24.0 Å². The molecule has 0 rings (SSSR count). The number of hydrogen-bond acceptors (Lipinski definition) is 4. The molecule has 0 radical (unpaired) electrons. The quantitative estimate of drug-likeness (QED) is 0.549. The van der Waals surface area contributed by atoms with Crippen LogP contribution in [-0.2, 0) is 19.1 Å². The van der Waals surface area contributed by atoms with Gasteiger partial charge < -0.3 is 9.47 Å². The van der Waals surface area contributed by atoms with Crippen LogP contribution < -0.4 is 0 Å². The highest BCUT2D eigenvalue weighted by atomic mass is 16.5. The fraction of sp³-hybridized carbons (Fsp3) is 0.733. The van der Waals surface area contributed by atoms with Crippen molar-refractivity contribution in [1.82, 2.24) is 0 Å². The first-order valence-corrected chi connectivity index (χ1v) is 6.65. The standard InChI is InChI=1S/C15H26O4/c1-7-8-9-11(13(16)18-5)12(14(17)19-6)10-15(2,3)4/h7-10H2,1-6H3. The highest BCUT2D eigenvalue weighted by Crippen LogP contribution is 2.29. The van der Waals surface area contributed by atoms with Gasteiger partial charge in [-0.25, -0.2) is 9.59 Å². The van der Waals surface area contributed by atoms with Gasteiger partial charge in [-0.2, -0.15) is 0 Å². The molecule has 4 nitrogen and oxygen atoms in total. The van der Waals surface area contributed by atoms with E-state index in [2.05, 4.69) is 0 Å². The molecule has 0 aromatic carbocycles. The highest BCUT2D eigenvalue weighted by molar-refractivity contribution is 6.00. The summed E-state index contributed by atoms with van der Waals surface area (Å²) in [7, 11) is 2.67. The minimum Gasteiger partial charge on any atom is -0.466 e. The number of carbonyl (C=O) groups is 2. The molecule has 0 aromatic rings. The Kier molecular flexibility index (Phi) is 7.42. The molecule has 0 fully saturated rings. The summed E-state index contributed by atoms with van der Waals surface area (Å²) in [5.41, 5.74) is 0.788. The second kappa shape index (κ2) is 7.97. The molecule has 110 valence electrons. The average molecular weight is 270 g/mol. The van der Waals surface area contributed by atoms with Crippen LogP contribution in [0.1, 0.15) is 53.4 Å². The summed E-state index contributed by atoms with van der Waals surface area (Å²) in [6.07, 6.45) is 2.83. The lowest BCUT2D eigenvalue weighted by atomic mass is 9.85. The maximum Gasteiger partial charge on any atom is 0.334 e. The minimum atomic E-state index is -0.438. The predicted octanol–water partition coefficient (Wildman–Crippen LogP) is 3.26. The second-order valence-electron chi connectivity index (χ2n) is 5.78. The van der Waals surface area contributed by atoms with Gasteiger partial charge in [0.1, 0.15) is 0 Å². The number of ether oxygens (including phenoxy) is 2. The molecule has 0 amide bonds. The molecule has 0 bridgehead atoms. The smallest absolute Gasteiger partial charge is 0.334 e. The van der Waals surface area contributed by atoms with Gasteiger partial charge in [-0.05, 0) is 24.7 Å². The lowest BCUT2D eigenvalue weighted by Crippen LogP contribution is -2.19. The van der Waals surface area contributed by atoms with E-state index in [1.54, 1.807) is 0 Å². The zero-order valence-corrected chi connectivity index (χ0v) is 13.0. The summed E-state index contributed by atoms with van der Waals surface area (Å²) in [5.74, 6) is -0.871. The molecule has 0 aromatic heterocycles. The van der Waals surface area contributed by atoms with Crippen molar-refractivity contribution in [3.63, 3.8) is 0 Å². The Morgan fingerprint density at radius 2 is 1.42 bits per heavy atom. The van der Waals surface area contributed by atoms with E-state index in [1.807, 2.05) is 27.7 Å². The molecule has 19 heavy (non-hydrogen) atoms. The van der Waals surface area contributed by atoms with Crippen LogP contribution in [0.25, 0.3) is 0 Å². The van der Waals surface area contributed by atoms with Crippen LogP contribution in [0.3, 0.4) is 0 Å². The van der Waals surface area contributed by atoms with Gasteiger partial charge in [-0.15, -0.1) is 0 Å². The van der Waals surface area contributed by atoms with Crippen LogP contribution in [0.4, 0.5) is 0 Å². The Labute approximate surface area is 116 Å². The molecule has 0 spiro atoms. The summed E-state index contributed by atoms with van der Waals surface area (Å²) < 4.78 is 9.60. The molecule has 4 heteroatoms. The van der Waals surface area contributed by atoms with Crippen molar-refractivity contribution in [3.05, 3.63) is 11.1 Å². The van der Waals surface area contributed by atoms with Crippen LogP contribution in [0.5, 0.6) is 0 Å². The summed E-state index contributed by atoms with van der Waals surface area (Å²) in [5, 5.41) is 0. The van der Waals surface area contributed by atoms with E-state index in [4.69, 9.17) is 9.47 Å². The zero-order chi connectivity index (χ0) is 15.1. The SMILES string of the molecule is CCCCC(C(=O)OC)=C(CC(C)(C)C)C(=O)OC. The first kappa shape index (κ1) is 17.7. The van der Waals surface area contributed by atoms with Crippen LogP contribution in [-0.4, -0.2) is 26.2 Å². The molecular weight excluding hydrogens is 244 g/mol. The van der Waals surface area contributed by atoms with E-state index in [-0.39, 0.29) is 5.41 Å². The van der Waals surface area contributed by atoms with Crippen molar-refractivity contribution in [1.29, 1.82) is 0 Å². The molecule has 0 saturated carbocycles. The second-order valence-corrected chi connectivity index (χ2v) is 5.78. The third-order valence-electron chi connectivity index (χ3n) is 2.72.